The van der Waals surface area contributed by atoms with E-state index in [1.165, 1.54) is 6.08 Å². The predicted octanol–water partition coefficient (Wildman–Crippen LogP) is 2.70. The van der Waals surface area contributed by atoms with Gasteiger partial charge < -0.3 is 9.72 Å². The maximum absolute atomic E-state index is 11.9. The first-order valence-electron chi connectivity index (χ1n) is 5.74. The maximum atomic E-state index is 11.9. The Balaban J connectivity index is 2.11. The summed E-state index contributed by atoms with van der Waals surface area (Å²) in [5.74, 6) is 1.28. The average molecular weight is 242 g/mol. The number of aromatic amines is 1. The van der Waals surface area contributed by atoms with E-state index in [-0.39, 0.29) is 5.78 Å². The minimum atomic E-state index is -0.0760. The summed E-state index contributed by atoms with van der Waals surface area (Å²) < 4.78 is 5.35. The Morgan fingerprint density at radius 2 is 2.39 bits per heavy atom. The second-order valence-corrected chi connectivity index (χ2v) is 3.63. The molecular weight excluding hydrogens is 228 g/mol. The van der Waals surface area contributed by atoms with Crippen molar-refractivity contribution in [1.29, 1.82) is 0 Å². The Labute approximate surface area is 105 Å². The fourth-order valence-corrected chi connectivity index (χ4v) is 1.53. The lowest BCUT2D eigenvalue weighted by Crippen LogP contribution is -1.97. The van der Waals surface area contributed by atoms with Gasteiger partial charge in [-0.1, -0.05) is 12.1 Å². The van der Waals surface area contributed by atoms with Crippen LogP contribution in [-0.4, -0.2) is 22.4 Å². The van der Waals surface area contributed by atoms with Gasteiger partial charge in [0.15, 0.2) is 5.78 Å². The average Bonchev–Trinajstić information content (AvgIpc) is 2.90. The zero-order valence-electron chi connectivity index (χ0n) is 10.1. The zero-order chi connectivity index (χ0) is 12.8. The van der Waals surface area contributed by atoms with Crippen LogP contribution in [-0.2, 0) is 0 Å². The van der Waals surface area contributed by atoms with Gasteiger partial charge in [-0.15, -0.1) is 0 Å². The van der Waals surface area contributed by atoms with Crippen LogP contribution in [0.1, 0.15) is 23.1 Å². The lowest BCUT2D eigenvalue weighted by molar-refractivity contribution is 0.104. The number of carbonyl (C=O) groups excluding carboxylic acids is 1. The molecule has 4 heteroatoms. The molecule has 1 N–H and O–H groups in total. The summed E-state index contributed by atoms with van der Waals surface area (Å²) in [7, 11) is 0. The van der Waals surface area contributed by atoms with E-state index in [1.54, 1.807) is 36.7 Å². The molecule has 1 heterocycles. The Bertz CT molecular complexity index is 545. The van der Waals surface area contributed by atoms with Crippen molar-refractivity contribution in [2.75, 3.05) is 6.61 Å². The molecule has 0 unspecified atom stereocenters. The molecule has 2 aromatic rings. The van der Waals surface area contributed by atoms with Gasteiger partial charge in [-0.3, -0.25) is 4.79 Å². The van der Waals surface area contributed by atoms with Gasteiger partial charge in [0, 0.05) is 18.0 Å². The minimum absolute atomic E-state index is 0.0760. The molecular formula is C14H14N2O2. The van der Waals surface area contributed by atoms with Gasteiger partial charge in [-0.25, -0.2) is 4.98 Å². The van der Waals surface area contributed by atoms with Crippen molar-refractivity contribution in [1.82, 2.24) is 9.97 Å². The van der Waals surface area contributed by atoms with Gasteiger partial charge in [0.2, 0.25) is 0 Å². The summed E-state index contributed by atoms with van der Waals surface area (Å²) in [6.07, 6.45) is 6.49. The number of aromatic nitrogens is 2. The standard InChI is InChI=1S/C14H14N2O2/c1-2-18-12-5-3-4-11(10-12)13(17)6-7-14-15-8-9-16-14/h3-10H,2H2,1H3,(H,15,16). The number of rotatable bonds is 5. The monoisotopic (exact) mass is 242 g/mol. The predicted molar refractivity (Wildman–Crippen MR) is 69.6 cm³/mol. The minimum Gasteiger partial charge on any atom is -0.494 e. The molecule has 0 radical (unpaired) electrons. The van der Waals surface area contributed by atoms with E-state index in [2.05, 4.69) is 9.97 Å². The van der Waals surface area contributed by atoms with Crippen molar-refractivity contribution in [3.63, 3.8) is 0 Å². The van der Waals surface area contributed by atoms with Crippen LogP contribution in [0.4, 0.5) is 0 Å². The SMILES string of the molecule is CCOc1cccc(C(=O)C=Cc2ncc[nH]2)c1. The molecule has 0 bridgehead atoms. The smallest absolute Gasteiger partial charge is 0.186 e. The molecule has 0 aliphatic rings. The summed E-state index contributed by atoms with van der Waals surface area (Å²) in [6.45, 7) is 2.49. The number of carbonyl (C=O) groups is 1. The van der Waals surface area contributed by atoms with E-state index in [9.17, 15) is 4.79 Å². The highest BCUT2D eigenvalue weighted by molar-refractivity contribution is 6.06. The summed E-state index contributed by atoms with van der Waals surface area (Å²) in [4.78, 5) is 18.8. The number of ketones is 1. The Hall–Kier alpha value is -2.36. The molecule has 18 heavy (non-hydrogen) atoms. The number of benzene rings is 1. The summed E-state index contributed by atoms with van der Waals surface area (Å²) >= 11 is 0. The molecule has 0 saturated heterocycles. The van der Waals surface area contributed by atoms with E-state index in [0.717, 1.165) is 0 Å². The molecule has 0 atom stereocenters. The first-order chi connectivity index (χ1) is 8.79. The van der Waals surface area contributed by atoms with Gasteiger partial charge >= 0.3 is 0 Å². The third-order valence-electron chi connectivity index (χ3n) is 2.34. The summed E-state index contributed by atoms with van der Waals surface area (Å²) in [5, 5.41) is 0. The number of allylic oxidation sites excluding steroid dienone is 1. The number of nitrogens with one attached hydrogen (secondary N) is 1. The zero-order valence-corrected chi connectivity index (χ0v) is 10.1. The summed E-state index contributed by atoms with van der Waals surface area (Å²) in [5.41, 5.74) is 0.601. The normalized spacial score (nSPS) is 10.7. The topological polar surface area (TPSA) is 55.0 Å². The van der Waals surface area contributed by atoms with Crippen molar-refractivity contribution < 1.29 is 9.53 Å². The number of H-pyrrole nitrogens is 1. The van der Waals surface area contributed by atoms with Crippen molar-refractivity contribution in [2.45, 2.75) is 6.92 Å². The largest absolute Gasteiger partial charge is 0.494 e. The van der Waals surface area contributed by atoms with Crippen molar-refractivity contribution in [2.24, 2.45) is 0 Å². The van der Waals surface area contributed by atoms with E-state index < -0.39 is 0 Å². The van der Waals surface area contributed by atoms with Gasteiger partial charge in [0.05, 0.1) is 6.61 Å². The molecule has 0 saturated carbocycles. The highest BCUT2D eigenvalue weighted by Crippen LogP contribution is 2.14. The molecule has 0 spiro atoms. The van der Waals surface area contributed by atoms with Crippen LogP contribution in [0.15, 0.2) is 42.7 Å². The number of ether oxygens (including phenoxy) is 1. The molecule has 1 aromatic heterocycles. The third-order valence-corrected chi connectivity index (χ3v) is 2.34. The lowest BCUT2D eigenvalue weighted by Gasteiger charge is -2.03. The van der Waals surface area contributed by atoms with Crippen LogP contribution in [0, 0.1) is 0 Å². The maximum Gasteiger partial charge on any atom is 0.186 e. The molecule has 0 aliphatic heterocycles. The van der Waals surface area contributed by atoms with Gasteiger partial charge in [0.1, 0.15) is 11.6 Å². The number of nitrogens with zero attached hydrogens (tertiary/aromatic N) is 1. The molecule has 2 rings (SSSR count). The second kappa shape index (κ2) is 5.82. The Kier molecular flexibility index (Phi) is 3.91. The molecule has 0 fully saturated rings. The first kappa shape index (κ1) is 12.1. The van der Waals surface area contributed by atoms with Crippen LogP contribution in [0.2, 0.25) is 0 Å². The van der Waals surface area contributed by atoms with Crippen LogP contribution in [0.5, 0.6) is 5.75 Å². The summed E-state index contributed by atoms with van der Waals surface area (Å²) in [6, 6.07) is 7.13. The van der Waals surface area contributed by atoms with Gasteiger partial charge in [0.25, 0.3) is 0 Å². The first-order valence-corrected chi connectivity index (χ1v) is 5.74. The highest BCUT2D eigenvalue weighted by Gasteiger charge is 2.03. The van der Waals surface area contributed by atoms with E-state index in [0.29, 0.717) is 23.7 Å². The van der Waals surface area contributed by atoms with Crippen molar-refractivity contribution >= 4 is 11.9 Å². The number of imidazole rings is 1. The van der Waals surface area contributed by atoms with Crippen molar-refractivity contribution in [3.05, 3.63) is 54.1 Å². The quantitative estimate of drug-likeness (QED) is 0.648. The third kappa shape index (κ3) is 3.07. The molecule has 0 amide bonds. The lowest BCUT2D eigenvalue weighted by atomic mass is 10.1. The fourth-order valence-electron chi connectivity index (χ4n) is 1.53. The van der Waals surface area contributed by atoms with E-state index >= 15 is 0 Å². The van der Waals surface area contributed by atoms with Crippen molar-refractivity contribution in [3.8, 4) is 5.75 Å². The van der Waals surface area contributed by atoms with Gasteiger partial charge in [-0.05, 0) is 31.2 Å². The van der Waals surface area contributed by atoms with E-state index in [4.69, 9.17) is 4.74 Å². The highest BCUT2D eigenvalue weighted by atomic mass is 16.5. The van der Waals surface area contributed by atoms with Crippen LogP contribution in [0.25, 0.3) is 6.08 Å². The van der Waals surface area contributed by atoms with E-state index in [1.807, 2.05) is 13.0 Å². The molecule has 1 aromatic carbocycles. The van der Waals surface area contributed by atoms with Crippen LogP contribution < -0.4 is 4.74 Å². The van der Waals surface area contributed by atoms with Crippen LogP contribution in [0.3, 0.4) is 0 Å². The second-order valence-electron chi connectivity index (χ2n) is 3.63. The van der Waals surface area contributed by atoms with Crippen LogP contribution >= 0.6 is 0 Å². The molecule has 0 aliphatic carbocycles. The fraction of sp³-hybridized carbons (Fsp3) is 0.143. The Morgan fingerprint density at radius 1 is 1.50 bits per heavy atom. The van der Waals surface area contributed by atoms with Gasteiger partial charge in [-0.2, -0.15) is 0 Å². The molecule has 4 nitrogen and oxygen atoms in total. The Morgan fingerprint density at radius 3 is 3.11 bits per heavy atom. The number of hydrogen-bond donors (Lipinski definition) is 1. The number of hydrogen-bond acceptors (Lipinski definition) is 3. The molecule has 92 valence electrons.